The van der Waals surface area contributed by atoms with Crippen molar-refractivity contribution in [3.63, 3.8) is 0 Å². The van der Waals surface area contributed by atoms with E-state index in [1.807, 2.05) is 0 Å². The van der Waals surface area contributed by atoms with Gasteiger partial charge in [0.25, 0.3) is 0 Å². The maximum atomic E-state index is 3.57. The van der Waals surface area contributed by atoms with E-state index < -0.39 is 0 Å². The van der Waals surface area contributed by atoms with E-state index in [9.17, 15) is 0 Å². The number of piperidine rings is 1. The summed E-state index contributed by atoms with van der Waals surface area (Å²) in [6, 6.07) is 10.8. The lowest BCUT2D eigenvalue weighted by molar-refractivity contribution is 0.140. The minimum Gasteiger partial charge on any atom is -0.310 e. The highest BCUT2D eigenvalue weighted by Gasteiger charge is 2.21. The van der Waals surface area contributed by atoms with Crippen LogP contribution in [0.3, 0.4) is 0 Å². The molecule has 0 amide bonds. The molecule has 3 rings (SSSR count). The zero-order valence-electron chi connectivity index (χ0n) is 13.5. The fourth-order valence-corrected chi connectivity index (χ4v) is 3.16. The average Bonchev–Trinajstić information content (AvgIpc) is 3.31. The largest absolute Gasteiger partial charge is 0.310 e. The van der Waals surface area contributed by atoms with Crippen molar-refractivity contribution >= 4 is 0 Å². The molecule has 116 valence electrons. The van der Waals surface area contributed by atoms with Crippen LogP contribution in [0.4, 0.5) is 0 Å². The summed E-state index contributed by atoms with van der Waals surface area (Å²) < 4.78 is 0. The van der Waals surface area contributed by atoms with Gasteiger partial charge in [0.15, 0.2) is 0 Å². The van der Waals surface area contributed by atoms with E-state index in [0.717, 1.165) is 25.2 Å². The second-order valence-electron chi connectivity index (χ2n) is 6.94. The van der Waals surface area contributed by atoms with Crippen molar-refractivity contribution in [1.82, 2.24) is 15.1 Å². The number of benzene rings is 1. The SMILES string of the molecule is CN(C)C1CCN(Cc2ccc(CNC3CC3)cc2)CC1. The number of hydrogen-bond donors (Lipinski definition) is 1. The molecule has 1 saturated carbocycles. The molecule has 1 saturated heterocycles. The minimum atomic E-state index is 0.775. The molecular weight excluding hydrogens is 258 g/mol. The van der Waals surface area contributed by atoms with Crippen LogP contribution in [-0.4, -0.2) is 49.1 Å². The first-order chi connectivity index (χ1) is 10.2. The maximum absolute atomic E-state index is 3.57. The van der Waals surface area contributed by atoms with Gasteiger partial charge < -0.3 is 10.2 Å². The van der Waals surface area contributed by atoms with Crippen LogP contribution in [-0.2, 0) is 13.1 Å². The van der Waals surface area contributed by atoms with Crippen LogP contribution in [0.5, 0.6) is 0 Å². The molecular formula is C18H29N3. The normalized spacial score (nSPS) is 21.1. The Balaban J connectivity index is 1.44. The molecule has 1 aromatic rings. The summed E-state index contributed by atoms with van der Waals surface area (Å²) >= 11 is 0. The third-order valence-electron chi connectivity index (χ3n) is 4.89. The first-order valence-electron chi connectivity index (χ1n) is 8.41. The molecule has 0 atom stereocenters. The quantitative estimate of drug-likeness (QED) is 0.867. The smallest absolute Gasteiger partial charge is 0.0233 e. The molecule has 1 aliphatic heterocycles. The van der Waals surface area contributed by atoms with Gasteiger partial charge in [0.05, 0.1) is 0 Å². The van der Waals surface area contributed by atoms with Gasteiger partial charge in [-0.15, -0.1) is 0 Å². The van der Waals surface area contributed by atoms with Gasteiger partial charge in [-0.2, -0.15) is 0 Å². The van der Waals surface area contributed by atoms with E-state index in [2.05, 4.69) is 53.5 Å². The molecule has 3 nitrogen and oxygen atoms in total. The van der Waals surface area contributed by atoms with Crippen molar-refractivity contribution in [2.75, 3.05) is 27.2 Å². The second kappa shape index (κ2) is 6.91. The van der Waals surface area contributed by atoms with Gasteiger partial charge in [-0.05, 0) is 64.0 Å². The van der Waals surface area contributed by atoms with E-state index in [1.165, 1.54) is 49.9 Å². The molecule has 0 aromatic heterocycles. The van der Waals surface area contributed by atoms with Crippen LogP contribution in [0.1, 0.15) is 36.8 Å². The summed E-state index contributed by atoms with van der Waals surface area (Å²) in [5.74, 6) is 0. The van der Waals surface area contributed by atoms with Crippen LogP contribution in [0.15, 0.2) is 24.3 Å². The first kappa shape index (κ1) is 15.0. The van der Waals surface area contributed by atoms with Crippen molar-refractivity contribution in [1.29, 1.82) is 0 Å². The van der Waals surface area contributed by atoms with Crippen LogP contribution < -0.4 is 5.32 Å². The molecule has 1 aliphatic carbocycles. The number of rotatable bonds is 6. The minimum absolute atomic E-state index is 0.775. The lowest BCUT2D eigenvalue weighted by Gasteiger charge is -2.35. The highest BCUT2D eigenvalue weighted by molar-refractivity contribution is 5.22. The number of likely N-dealkylation sites (tertiary alicyclic amines) is 1. The van der Waals surface area contributed by atoms with E-state index in [0.29, 0.717) is 0 Å². The van der Waals surface area contributed by atoms with E-state index in [-0.39, 0.29) is 0 Å². The summed E-state index contributed by atoms with van der Waals surface area (Å²) in [4.78, 5) is 4.97. The van der Waals surface area contributed by atoms with E-state index >= 15 is 0 Å². The Bertz CT molecular complexity index is 428. The summed E-state index contributed by atoms with van der Waals surface area (Å²) in [6.45, 7) is 4.59. The lowest BCUT2D eigenvalue weighted by atomic mass is 10.0. The number of hydrogen-bond acceptors (Lipinski definition) is 3. The Labute approximate surface area is 129 Å². The molecule has 0 unspecified atom stereocenters. The number of nitrogens with zero attached hydrogens (tertiary/aromatic N) is 2. The van der Waals surface area contributed by atoms with Gasteiger partial charge in [-0.1, -0.05) is 24.3 Å². The zero-order chi connectivity index (χ0) is 14.7. The van der Waals surface area contributed by atoms with Gasteiger partial charge in [0.2, 0.25) is 0 Å². The maximum Gasteiger partial charge on any atom is 0.0233 e. The molecule has 21 heavy (non-hydrogen) atoms. The molecule has 2 aliphatic rings. The molecule has 1 heterocycles. The molecule has 3 heteroatoms. The Morgan fingerprint density at radius 1 is 1.00 bits per heavy atom. The summed E-state index contributed by atoms with van der Waals surface area (Å²) in [5.41, 5.74) is 2.87. The topological polar surface area (TPSA) is 18.5 Å². The van der Waals surface area contributed by atoms with E-state index in [4.69, 9.17) is 0 Å². The van der Waals surface area contributed by atoms with Crippen molar-refractivity contribution in [2.24, 2.45) is 0 Å². The molecule has 0 bridgehead atoms. The highest BCUT2D eigenvalue weighted by Crippen LogP contribution is 2.20. The fraction of sp³-hybridized carbons (Fsp3) is 0.667. The number of nitrogens with one attached hydrogen (secondary N) is 1. The Morgan fingerprint density at radius 3 is 2.19 bits per heavy atom. The zero-order valence-corrected chi connectivity index (χ0v) is 13.5. The Morgan fingerprint density at radius 2 is 1.62 bits per heavy atom. The van der Waals surface area contributed by atoms with Crippen molar-refractivity contribution < 1.29 is 0 Å². The van der Waals surface area contributed by atoms with Gasteiger partial charge >= 0.3 is 0 Å². The Kier molecular flexibility index (Phi) is 4.94. The third-order valence-corrected chi connectivity index (χ3v) is 4.89. The van der Waals surface area contributed by atoms with Crippen molar-refractivity contribution in [3.8, 4) is 0 Å². The van der Waals surface area contributed by atoms with Gasteiger partial charge in [-0.25, -0.2) is 0 Å². The predicted octanol–water partition coefficient (Wildman–Crippen LogP) is 2.46. The van der Waals surface area contributed by atoms with Gasteiger partial charge in [0.1, 0.15) is 0 Å². The third kappa shape index (κ3) is 4.53. The van der Waals surface area contributed by atoms with E-state index in [1.54, 1.807) is 0 Å². The fourth-order valence-electron chi connectivity index (χ4n) is 3.16. The van der Waals surface area contributed by atoms with Crippen LogP contribution in [0.25, 0.3) is 0 Å². The summed E-state index contributed by atoms with van der Waals surface area (Å²) in [5, 5.41) is 3.57. The van der Waals surface area contributed by atoms with Gasteiger partial charge in [-0.3, -0.25) is 4.90 Å². The monoisotopic (exact) mass is 287 g/mol. The Hall–Kier alpha value is -0.900. The highest BCUT2D eigenvalue weighted by atomic mass is 15.2. The van der Waals surface area contributed by atoms with Gasteiger partial charge in [0, 0.05) is 25.2 Å². The van der Waals surface area contributed by atoms with Crippen LogP contribution >= 0.6 is 0 Å². The molecule has 0 radical (unpaired) electrons. The standard InChI is InChI=1S/C18H29N3/c1-20(2)18-9-11-21(12-10-18)14-16-5-3-15(4-6-16)13-19-17-7-8-17/h3-6,17-19H,7-14H2,1-2H3. The molecule has 2 fully saturated rings. The predicted molar refractivity (Wildman–Crippen MR) is 88.3 cm³/mol. The first-order valence-corrected chi connectivity index (χ1v) is 8.41. The second-order valence-corrected chi connectivity index (χ2v) is 6.94. The van der Waals surface area contributed by atoms with Crippen molar-refractivity contribution in [2.45, 2.75) is 50.9 Å². The van der Waals surface area contributed by atoms with Crippen LogP contribution in [0, 0.1) is 0 Å². The summed E-state index contributed by atoms with van der Waals surface area (Å²) in [7, 11) is 4.41. The molecule has 1 N–H and O–H groups in total. The van der Waals surface area contributed by atoms with Crippen molar-refractivity contribution in [3.05, 3.63) is 35.4 Å². The lowest BCUT2D eigenvalue weighted by Crippen LogP contribution is -2.41. The molecule has 1 aromatic carbocycles. The average molecular weight is 287 g/mol. The summed E-state index contributed by atoms with van der Waals surface area (Å²) in [6.07, 6.45) is 5.33. The molecule has 0 spiro atoms. The van der Waals surface area contributed by atoms with Crippen LogP contribution in [0.2, 0.25) is 0 Å².